The van der Waals surface area contributed by atoms with E-state index in [0.29, 0.717) is 11.5 Å². The molecule has 1 aliphatic carbocycles. The average Bonchev–Trinajstić information content (AvgIpc) is 1.96. The van der Waals surface area contributed by atoms with E-state index in [0.717, 1.165) is 12.5 Å². The van der Waals surface area contributed by atoms with Crippen molar-refractivity contribution < 1.29 is 4.74 Å². The molecule has 96 valence electrons. The van der Waals surface area contributed by atoms with Crippen LogP contribution in [0.2, 0.25) is 0 Å². The van der Waals surface area contributed by atoms with E-state index in [-0.39, 0.29) is 5.60 Å². The third-order valence-corrected chi connectivity index (χ3v) is 3.43. The summed E-state index contributed by atoms with van der Waals surface area (Å²) in [6.07, 6.45) is 4.18. The van der Waals surface area contributed by atoms with Crippen molar-refractivity contribution in [3.63, 3.8) is 0 Å². The molecule has 2 atom stereocenters. The zero-order valence-electron chi connectivity index (χ0n) is 11.9. The minimum absolute atomic E-state index is 0.0491. The first-order chi connectivity index (χ1) is 7.24. The zero-order chi connectivity index (χ0) is 12.4. The Morgan fingerprint density at radius 2 is 1.94 bits per heavy atom. The lowest BCUT2D eigenvalue weighted by atomic mass is 9.71. The largest absolute Gasteiger partial charge is 0.371 e. The first-order valence-corrected chi connectivity index (χ1v) is 6.56. The highest BCUT2D eigenvalue weighted by molar-refractivity contribution is 4.85. The van der Waals surface area contributed by atoms with E-state index in [9.17, 15) is 0 Å². The molecule has 1 fully saturated rings. The molecule has 0 radical (unpaired) electrons. The van der Waals surface area contributed by atoms with Gasteiger partial charge in [-0.15, -0.1) is 0 Å². The first kappa shape index (κ1) is 14.0. The van der Waals surface area contributed by atoms with E-state index < -0.39 is 0 Å². The summed E-state index contributed by atoms with van der Waals surface area (Å²) in [5.74, 6) is 0.791. The first-order valence-electron chi connectivity index (χ1n) is 6.56. The molecule has 2 heteroatoms. The number of nitrogens with one attached hydrogen (secondary N) is 1. The van der Waals surface area contributed by atoms with E-state index in [2.05, 4.69) is 39.9 Å². The molecule has 2 unspecified atom stereocenters. The summed E-state index contributed by atoms with van der Waals surface area (Å²) >= 11 is 0. The fourth-order valence-electron chi connectivity index (χ4n) is 3.27. The highest BCUT2D eigenvalue weighted by Crippen LogP contribution is 2.40. The maximum absolute atomic E-state index is 6.26. The molecule has 0 aromatic rings. The summed E-state index contributed by atoms with van der Waals surface area (Å²) in [6.45, 7) is 12.3. The lowest BCUT2D eigenvalue weighted by molar-refractivity contribution is -0.107. The Morgan fingerprint density at radius 3 is 2.44 bits per heavy atom. The molecule has 0 saturated heterocycles. The SMILES string of the molecule is CNCC(C)(C)OC1CC(C)CC(C)(C)C1. The van der Waals surface area contributed by atoms with Crippen molar-refractivity contribution in [3.05, 3.63) is 0 Å². The van der Waals surface area contributed by atoms with Gasteiger partial charge in [0.25, 0.3) is 0 Å². The molecular weight excluding hydrogens is 198 g/mol. The summed E-state index contributed by atoms with van der Waals surface area (Å²) in [7, 11) is 1.98. The van der Waals surface area contributed by atoms with E-state index >= 15 is 0 Å². The van der Waals surface area contributed by atoms with Gasteiger partial charge in [-0.25, -0.2) is 0 Å². The van der Waals surface area contributed by atoms with Crippen LogP contribution in [0, 0.1) is 11.3 Å². The summed E-state index contributed by atoms with van der Waals surface area (Å²) < 4.78 is 6.26. The van der Waals surface area contributed by atoms with Crippen LogP contribution in [0.3, 0.4) is 0 Å². The maximum atomic E-state index is 6.26. The van der Waals surface area contributed by atoms with Crippen molar-refractivity contribution in [1.29, 1.82) is 0 Å². The Labute approximate surface area is 101 Å². The highest BCUT2D eigenvalue weighted by Gasteiger charge is 2.35. The number of likely N-dealkylation sites (N-methyl/N-ethyl adjacent to an activating group) is 1. The van der Waals surface area contributed by atoms with Crippen LogP contribution >= 0.6 is 0 Å². The van der Waals surface area contributed by atoms with Crippen LogP contribution in [0.1, 0.15) is 53.9 Å². The third-order valence-electron chi connectivity index (χ3n) is 3.43. The molecule has 0 aromatic heterocycles. The van der Waals surface area contributed by atoms with Crippen molar-refractivity contribution in [2.45, 2.75) is 65.6 Å². The predicted molar refractivity (Wildman–Crippen MR) is 69.7 cm³/mol. The Hall–Kier alpha value is -0.0800. The molecule has 1 saturated carbocycles. The molecule has 2 nitrogen and oxygen atoms in total. The van der Waals surface area contributed by atoms with Gasteiger partial charge in [0, 0.05) is 6.54 Å². The molecule has 0 bridgehead atoms. The fraction of sp³-hybridized carbons (Fsp3) is 1.00. The summed E-state index contributed by atoms with van der Waals surface area (Å²) in [5.41, 5.74) is 0.393. The average molecular weight is 227 g/mol. The van der Waals surface area contributed by atoms with Crippen molar-refractivity contribution >= 4 is 0 Å². The molecule has 16 heavy (non-hydrogen) atoms. The van der Waals surface area contributed by atoms with Gasteiger partial charge in [0.2, 0.25) is 0 Å². The van der Waals surface area contributed by atoms with Crippen LogP contribution in [0.5, 0.6) is 0 Å². The van der Waals surface area contributed by atoms with Crippen LogP contribution in [-0.4, -0.2) is 25.3 Å². The van der Waals surface area contributed by atoms with Crippen LogP contribution in [-0.2, 0) is 4.74 Å². The van der Waals surface area contributed by atoms with E-state index in [1.54, 1.807) is 0 Å². The van der Waals surface area contributed by atoms with Gasteiger partial charge < -0.3 is 10.1 Å². The Balaban J connectivity index is 2.54. The number of rotatable bonds is 4. The molecule has 0 aromatic carbocycles. The van der Waals surface area contributed by atoms with Gasteiger partial charge in [0.15, 0.2) is 0 Å². The number of hydrogen-bond donors (Lipinski definition) is 1. The van der Waals surface area contributed by atoms with Crippen molar-refractivity contribution in [2.24, 2.45) is 11.3 Å². The highest BCUT2D eigenvalue weighted by atomic mass is 16.5. The van der Waals surface area contributed by atoms with Crippen molar-refractivity contribution in [2.75, 3.05) is 13.6 Å². The Kier molecular flexibility index (Phi) is 4.42. The quantitative estimate of drug-likeness (QED) is 0.796. The van der Waals surface area contributed by atoms with E-state index in [4.69, 9.17) is 4.74 Å². The molecular formula is C14H29NO. The molecule has 0 amide bonds. The third kappa shape index (κ3) is 4.42. The van der Waals surface area contributed by atoms with Crippen molar-refractivity contribution in [1.82, 2.24) is 5.32 Å². The lowest BCUT2D eigenvalue weighted by Gasteiger charge is -2.42. The van der Waals surface area contributed by atoms with Crippen LogP contribution < -0.4 is 5.32 Å². The molecule has 0 heterocycles. The minimum atomic E-state index is -0.0491. The topological polar surface area (TPSA) is 21.3 Å². The molecule has 0 aliphatic heterocycles. The zero-order valence-corrected chi connectivity index (χ0v) is 11.9. The second-order valence-electron chi connectivity index (χ2n) is 6.94. The summed E-state index contributed by atoms with van der Waals surface area (Å²) in [4.78, 5) is 0. The molecule has 1 rings (SSSR count). The Bertz CT molecular complexity index is 223. The monoisotopic (exact) mass is 227 g/mol. The van der Waals surface area contributed by atoms with Crippen LogP contribution in [0.15, 0.2) is 0 Å². The Morgan fingerprint density at radius 1 is 1.31 bits per heavy atom. The second-order valence-corrected chi connectivity index (χ2v) is 6.94. The minimum Gasteiger partial charge on any atom is -0.371 e. The fourth-order valence-corrected chi connectivity index (χ4v) is 3.27. The van der Waals surface area contributed by atoms with Gasteiger partial charge in [-0.05, 0) is 51.5 Å². The molecule has 0 spiro atoms. The number of hydrogen-bond acceptors (Lipinski definition) is 2. The van der Waals surface area contributed by atoms with Gasteiger partial charge in [-0.3, -0.25) is 0 Å². The van der Waals surface area contributed by atoms with Gasteiger partial charge in [-0.1, -0.05) is 20.8 Å². The van der Waals surface area contributed by atoms with Crippen molar-refractivity contribution in [3.8, 4) is 0 Å². The predicted octanol–water partition coefficient (Wildman–Crippen LogP) is 3.22. The summed E-state index contributed by atoms with van der Waals surface area (Å²) in [5, 5.41) is 3.20. The smallest absolute Gasteiger partial charge is 0.0753 e. The van der Waals surface area contributed by atoms with E-state index in [1.807, 2.05) is 7.05 Å². The van der Waals surface area contributed by atoms with Gasteiger partial charge in [-0.2, -0.15) is 0 Å². The van der Waals surface area contributed by atoms with Crippen LogP contribution in [0.25, 0.3) is 0 Å². The van der Waals surface area contributed by atoms with Gasteiger partial charge in [0.1, 0.15) is 0 Å². The van der Waals surface area contributed by atoms with Crippen LogP contribution in [0.4, 0.5) is 0 Å². The molecule has 1 N–H and O–H groups in total. The normalized spacial score (nSPS) is 30.4. The maximum Gasteiger partial charge on any atom is 0.0753 e. The standard InChI is InChI=1S/C14H29NO/c1-11-7-12(9-13(2,3)8-11)16-14(4,5)10-15-6/h11-12,15H,7-10H2,1-6H3. The number of ether oxygens (including phenoxy) is 1. The lowest BCUT2D eigenvalue weighted by Crippen LogP contribution is -2.43. The van der Waals surface area contributed by atoms with Gasteiger partial charge >= 0.3 is 0 Å². The molecule has 1 aliphatic rings. The van der Waals surface area contributed by atoms with E-state index in [1.165, 1.54) is 19.3 Å². The summed E-state index contributed by atoms with van der Waals surface area (Å²) in [6, 6.07) is 0. The van der Waals surface area contributed by atoms with Gasteiger partial charge in [0.05, 0.1) is 11.7 Å². The second kappa shape index (κ2) is 5.05.